The van der Waals surface area contributed by atoms with Crippen LogP contribution in [0.2, 0.25) is 0 Å². The summed E-state index contributed by atoms with van der Waals surface area (Å²) in [6.45, 7) is 3.98. The van der Waals surface area contributed by atoms with Gasteiger partial charge in [0.2, 0.25) is 5.91 Å². The zero-order valence-corrected chi connectivity index (χ0v) is 14.4. The molecule has 0 N–H and O–H groups in total. The molecule has 1 fully saturated rings. The number of hydrogen-bond acceptors (Lipinski definition) is 5. The minimum absolute atomic E-state index is 0.176. The van der Waals surface area contributed by atoms with Gasteiger partial charge in [-0.25, -0.2) is 9.97 Å². The van der Waals surface area contributed by atoms with E-state index >= 15 is 0 Å². The van der Waals surface area contributed by atoms with Gasteiger partial charge in [0.1, 0.15) is 22.5 Å². The highest BCUT2D eigenvalue weighted by molar-refractivity contribution is 8.00. The molecule has 0 saturated carbocycles. The molecule has 0 spiro atoms. The molecule has 0 atom stereocenters. The van der Waals surface area contributed by atoms with Gasteiger partial charge in [0, 0.05) is 18.5 Å². The van der Waals surface area contributed by atoms with E-state index in [9.17, 15) is 4.79 Å². The Balaban J connectivity index is 1.53. The third-order valence-electron chi connectivity index (χ3n) is 4.59. The Kier molecular flexibility index (Phi) is 4.14. The molecular formula is C18H19N3O2S. The van der Waals surface area contributed by atoms with Crippen molar-refractivity contribution in [1.82, 2.24) is 14.9 Å². The van der Waals surface area contributed by atoms with Gasteiger partial charge < -0.3 is 9.32 Å². The number of piperidine rings is 1. The van der Waals surface area contributed by atoms with Crippen molar-refractivity contribution < 1.29 is 9.21 Å². The summed E-state index contributed by atoms with van der Waals surface area (Å²) in [5.74, 6) is 1.28. The number of nitrogens with zero attached hydrogens (tertiary/aromatic N) is 3. The first-order chi connectivity index (χ1) is 11.7. The molecule has 0 bridgehead atoms. The van der Waals surface area contributed by atoms with E-state index in [1.165, 1.54) is 11.8 Å². The third kappa shape index (κ3) is 2.86. The smallest absolute Gasteiger partial charge is 0.232 e. The summed E-state index contributed by atoms with van der Waals surface area (Å²) in [5.41, 5.74) is 2.28. The van der Waals surface area contributed by atoms with E-state index in [1.807, 2.05) is 29.2 Å². The summed E-state index contributed by atoms with van der Waals surface area (Å²) in [5, 5.41) is 1.71. The Morgan fingerprint density at radius 1 is 1.29 bits per heavy atom. The van der Waals surface area contributed by atoms with Gasteiger partial charge in [-0.15, -0.1) is 0 Å². The van der Waals surface area contributed by atoms with Gasteiger partial charge in [-0.2, -0.15) is 0 Å². The van der Waals surface area contributed by atoms with Crippen LogP contribution < -0.4 is 0 Å². The van der Waals surface area contributed by atoms with Crippen molar-refractivity contribution in [2.45, 2.75) is 24.8 Å². The number of carbonyl (C=O) groups is 1. The number of furan rings is 1. The van der Waals surface area contributed by atoms with E-state index in [-0.39, 0.29) is 5.91 Å². The number of fused-ring (bicyclic) bond motifs is 3. The maximum atomic E-state index is 12.4. The summed E-state index contributed by atoms with van der Waals surface area (Å²) in [6.07, 6.45) is 3.73. The second kappa shape index (κ2) is 6.43. The number of amides is 1. The summed E-state index contributed by atoms with van der Waals surface area (Å²) in [4.78, 5) is 23.0. The molecule has 2 aromatic heterocycles. The molecule has 1 saturated heterocycles. The van der Waals surface area contributed by atoms with Crippen LogP contribution in [0.1, 0.15) is 19.8 Å². The minimum Gasteiger partial charge on any atom is -0.451 e. The van der Waals surface area contributed by atoms with E-state index in [4.69, 9.17) is 4.42 Å². The fraction of sp³-hybridized carbons (Fsp3) is 0.389. The van der Waals surface area contributed by atoms with Crippen LogP contribution in [-0.4, -0.2) is 39.6 Å². The monoisotopic (exact) mass is 341 g/mol. The van der Waals surface area contributed by atoms with E-state index in [1.54, 1.807) is 6.33 Å². The summed E-state index contributed by atoms with van der Waals surface area (Å²) in [7, 11) is 0. The third-order valence-corrected chi connectivity index (χ3v) is 5.55. The first-order valence-electron chi connectivity index (χ1n) is 8.25. The zero-order valence-electron chi connectivity index (χ0n) is 13.6. The molecule has 4 rings (SSSR count). The zero-order chi connectivity index (χ0) is 16.5. The summed E-state index contributed by atoms with van der Waals surface area (Å²) in [6, 6.07) is 7.81. The number of carbonyl (C=O) groups excluding carboxylic acids is 1. The Morgan fingerprint density at radius 2 is 2.08 bits per heavy atom. The fourth-order valence-corrected chi connectivity index (χ4v) is 3.92. The van der Waals surface area contributed by atoms with Crippen LogP contribution in [0, 0.1) is 5.92 Å². The predicted molar refractivity (Wildman–Crippen MR) is 95.0 cm³/mol. The molecule has 3 aromatic rings. The van der Waals surface area contributed by atoms with Crippen molar-refractivity contribution >= 4 is 39.7 Å². The van der Waals surface area contributed by atoms with Crippen molar-refractivity contribution in [3.05, 3.63) is 30.6 Å². The molecule has 0 aliphatic carbocycles. The maximum absolute atomic E-state index is 12.4. The first kappa shape index (κ1) is 15.4. The van der Waals surface area contributed by atoms with Crippen LogP contribution in [0.25, 0.3) is 22.1 Å². The average molecular weight is 341 g/mol. The molecule has 0 unspecified atom stereocenters. The van der Waals surface area contributed by atoms with Gasteiger partial charge >= 0.3 is 0 Å². The van der Waals surface area contributed by atoms with Gasteiger partial charge in [-0.3, -0.25) is 4.79 Å². The largest absolute Gasteiger partial charge is 0.451 e. The van der Waals surface area contributed by atoms with Crippen LogP contribution >= 0.6 is 11.8 Å². The van der Waals surface area contributed by atoms with Crippen LogP contribution in [-0.2, 0) is 4.79 Å². The molecule has 1 aromatic carbocycles. The Hall–Kier alpha value is -2.08. The van der Waals surface area contributed by atoms with Gasteiger partial charge in [-0.05, 0) is 30.9 Å². The molecule has 1 aliphatic rings. The molecule has 3 heterocycles. The highest BCUT2D eigenvalue weighted by Crippen LogP contribution is 2.32. The fourth-order valence-electron chi connectivity index (χ4n) is 3.08. The lowest BCUT2D eigenvalue weighted by Gasteiger charge is -2.30. The van der Waals surface area contributed by atoms with Crippen LogP contribution in [0.5, 0.6) is 0 Å². The lowest BCUT2D eigenvalue weighted by molar-refractivity contribution is -0.129. The van der Waals surface area contributed by atoms with Crippen molar-refractivity contribution in [2.24, 2.45) is 5.92 Å². The lowest BCUT2D eigenvalue weighted by atomic mass is 9.99. The standard InChI is InChI=1S/C18H19N3O2S/c1-12-6-8-21(9-7-12)15(22)10-24-18-17-16(19-11-20-18)13-4-2-3-5-14(13)23-17/h2-5,11-12H,6-10H2,1H3. The molecular weight excluding hydrogens is 322 g/mol. The minimum atomic E-state index is 0.176. The highest BCUT2D eigenvalue weighted by Gasteiger charge is 2.21. The second-order valence-corrected chi connectivity index (χ2v) is 7.27. The van der Waals surface area contributed by atoms with Crippen LogP contribution in [0.3, 0.4) is 0 Å². The molecule has 1 aliphatic heterocycles. The van der Waals surface area contributed by atoms with E-state index in [0.717, 1.165) is 53.4 Å². The topological polar surface area (TPSA) is 59.2 Å². The van der Waals surface area contributed by atoms with Crippen LogP contribution in [0.15, 0.2) is 40.0 Å². The molecule has 24 heavy (non-hydrogen) atoms. The number of benzene rings is 1. The number of aromatic nitrogens is 2. The van der Waals surface area contributed by atoms with Gasteiger partial charge in [-0.1, -0.05) is 30.8 Å². The van der Waals surface area contributed by atoms with Gasteiger partial charge in [0.25, 0.3) is 0 Å². The quantitative estimate of drug-likeness (QED) is 0.537. The molecule has 6 heteroatoms. The van der Waals surface area contributed by atoms with E-state index < -0.39 is 0 Å². The molecule has 0 radical (unpaired) electrons. The van der Waals surface area contributed by atoms with Crippen molar-refractivity contribution in [2.75, 3.05) is 18.8 Å². The van der Waals surface area contributed by atoms with Crippen molar-refractivity contribution in [3.8, 4) is 0 Å². The number of para-hydroxylation sites is 1. The SMILES string of the molecule is CC1CCN(C(=O)CSc2ncnc3c2oc2ccccc23)CC1. The van der Waals surface area contributed by atoms with E-state index in [2.05, 4.69) is 16.9 Å². The first-order valence-corrected chi connectivity index (χ1v) is 9.24. The van der Waals surface area contributed by atoms with Gasteiger partial charge in [0.05, 0.1) is 5.75 Å². The molecule has 1 amide bonds. The summed E-state index contributed by atoms with van der Waals surface area (Å²) < 4.78 is 5.90. The normalized spacial score (nSPS) is 16.1. The Morgan fingerprint density at radius 3 is 2.92 bits per heavy atom. The number of likely N-dealkylation sites (tertiary alicyclic amines) is 1. The molecule has 124 valence electrons. The van der Waals surface area contributed by atoms with Crippen molar-refractivity contribution in [1.29, 1.82) is 0 Å². The Bertz CT molecular complexity index is 884. The molecule has 5 nitrogen and oxygen atoms in total. The van der Waals surface area contributed by atoms with Crippen LogP contribution in [0.4, 0.5) is 0 Å². The van der Waals surface area contributed by atoms with Gasteiger partial charge in [0.15, 0.2) is 5.58 Å². The highest BCUT2D eigenvalue weighted by atomic mass is 32.2. The number of rotatable bonds is 3. The second-order valence-electron chi connectivity index (χ2n) is 6.31. The van der Waals surface area contributed by atoms with Crippen molar-refractivity contribution in [3.63, 3.8) is 0 Å². The number of hydrogen-bond donors (Lipinski definition) is 0. The maximum Gasteiger partial charge on any atom is 0.232 e. The predicted octanol–water partition coefficient (Wildman–Crippen LogP) is 3.73. The Labute approximate surface area is 144 Å². The lowest BCUT2D eigenvalue weighted by Crippen LogP contribution is -2.38. The van der Waals surface area contributed by atoms with E-state index in [0.29, 0.717) is 11.3 Å². The average Bonchev–Trinajstić information content (AvgIpc) is 2.99. The number of thioether (sulfide) groups is 1. The summed E-state index contributed by atoms with van der Waals surface area (Å²) >= 11 is 1.43.